The summed E-state index contributed by atoms with van der Waals surface area (Å²) in [5, 5.41) is 8.69. The summed E-state index contributed by atoms with van der Waals surface area (Å²) in [7, 11) is 2.19. The third kappa shape index (κ3) is 5.15. The molecule has 2 fully saturated rings. The van der Waals surface area contributed by atoms with Gasteiger partial charge in [0.15, 0.2) is 0 Å². The molecule has 34 heavy (non-hydrogen) atoms. The lowest BCUT2D eigenvalue weighted by Gasteiger charge is -2.35. The maximum absolute atomic E-state index is 13.5. The van der Waals surface area contributed by atoms with Crippen molar-refractivity contribution in [2.24, 2.45) is 10.2 Å². The van der Waals surface area contributed by atoms with Crippen molar-refractivity contribution in [1.82, 2.24) is 4.90 Å². The summed E-state index contributed by atoms with van der Waals surface area (Å²) in [4.78, 5) is 15.9. The summed E-state index contributed by atoms with van der Waals surface area (Å²) in [6.45, 7) is 0. The number of fused-ring (bicyclic) bond motifs is 2. The second kappa shape index (κ2) is 10.1. The first-order chi connectivity index (χ1) is 16.7. The van der Waals surface area contributed by atoms with Gasteiger partial charge >= 0.3 is 5.97 Å². The Bertz CT molecular complexity index is 1180. The Balaban J connectivity index is 1.41. The average Bonchev–Trinajstić information content (AvgIpc) is 3.07. The van der Waals surface area contributed by atoms with Gasteiger partial charge < -0.3 is 9.64 Å². The van der Waals surface area contributed by atoms with E-state index in [4.69, 9.17) is 4.74 Å². The number of rotatable bonds is 6. The van der Waals surface area contributed by atoms with Crippen LogP contribution in [0.4, 0.5) is 11.4 Å². The van der Waals surface area contributed by atoms with Gasteiger partial charge in [-0.25, -0.2) is 4.79 Å². The van der Waals surface area contributed by atoms with Crippen LogP contribution in [-0.4, -0.2) is 36.1 Å². The van der Waals surface area contributed by atoms with E-state index in [1.54, 1.807) is 0 Å². The zero-order chi connectivity index (χ0) is 23.3. The van der Waals surface area contributed by atoms with E-state index in [0.717, 1.165) is 29.7 Å². The predicted octanol–water partition coefficient (Wildman–Crippen LogP) is 6.81. The number of piperidine rings is 1. The molecule has 5 rings (SSSR count). The molecule has 3 aromatic rings. The first-order valence-corrected chi connectivity index (χ1v) is 11.9. The smallest absolute Gasteiger partial charge is 0.339 e. The molecular formula is C29H29N3O2. The minimum Gasteiger partial charge on any atom is -0.459 e. The van der Waals surface area contributed by atoms with Crippen molar-refractivity contribution in [3.63, 3.8) is 0 Å². The molecule has 2 aliphatic heterocycles. The third-order valence-corrected chi connectivity index (χ3v) is 6.85. The van der Waals surface area contributed by atoms with E-state index in [9.17, 15) is 4.79 Å². The lowest BCUT2D eigenvalue weighted by Crippen LogP contribution is -2.43. The molecule has 0 spiro atoms. The highest BCUT2D eigenvalue weighted by atomic mass is 16.5. The molecule has 2 unspecified atom stereocenters. The highest BCUT2D eigenvalue weighted by Gasteiger charge is 2.40. The Kier molecular flexibility index (Phi) is 6.63. The summed E-state index contributed by atoms with van der Waals surface area (Å²) < 4.78 is 6.09. The Labute approximate surface area is 200 Å². The lowest BCUT2D eigenvalue weighted by atomic mass is 9.99. The molecule has 0 aliphatic carbocycles. The molecule has 5 nitrogen and oxygen atoms in total. The van der Waals surface area contributed by atoms with Crippen molar-refractivity contribution in [1.29, 1.82) is 0 Å². The van der Waals surface area contributed by atoms with Gasteiger partial charge in [-0.1, -0.05) is 60.7 Å². The first-order valence-electron chi connectivity index (χ1n) is 11.9. The zero-order valence-corrected chi connectivity index (χ0v) is 19.4. The molecule has 2 heterocycles. The molecule has 2 saturated heterocycles. The lowest BCUT2D eigenvalue weighted by molar-refractivity contribution is -0.144. The summed E-state index contributed by atoms with van der Waals surface area (Å²) in [6, 6.07) is 28.1. The molecule has 3 aromatic carbocycles. The highest BCUT2D eigenvalue weighted by molar-refractivity contribution is 6.21. The third-order valence-electron chi connectivity index (χ3n) is 6.85. The van der Waals surface area contributed by atoms with E-state index in [1.165, 1.54) is 12.8 Å². The van der Waals surface area contributed by atoms with Gasteiger partial charge in [0.25, 0.3) is 0 Å². The number of nitrogens with zero attached hydrogens (tertiary/aromatic N) is 3. The molecule has 2 aliphatic rings. The van der Waals surface area contributed by atoms with Crippen LogP contribution < -0.4 is 0 Å². The quantitative estimate of drug-likeness (QED) is 0.179. The zero-order valence-electron chi connectivity index (χ0n) is 19.4. The number of ether oxygens (including phenoxy) is 1. The van der Waals surface area contributed by atoms with E-state index in [-0.39, 0.29) is 12.1 Å². The largest absolute Gasteiger partial charge is 0.459 e. The monoisotopic (exact) mass is 451 g/mol. The molecule has 172 valence electrons. The van der Waals surface area contributed by atoms with Crippen LogP contribution in [0.2, 0.25) is 0 Å². The average molecular weight is 452 g/mol. The normalized spacial score (nSPS) is 22.7. The minimum absolute atomic E-state index is 0.0404. The van der Waals surface area contributed by atoms with E-state index >= 15 is 0 Å². The SMILES string of the molecule is CN1C2CCC1CC(OC(=O)/C(=C\c1ccccc1)c1cccc(N=Nc3ccccc3)c1)C2. The molecule has 0 saturated carbocycles. The fourth-order valence-electron chi connectivity index (χ4n) is 4.99. The summed E-state index contributed by atoms with van der Waals surface area (Å²) >= 11 is 0. The Morgan fingerprint density at radius 3 is 2.18 bits per heavy atom. The van der Waals surface area contributed by atoms with Crippen molar-refractivity contribution in [2.75, 3.05) is 7.05 Å². The van der Waals surface area contributed by atoms with Crippen molar-refractivity contribution >= 4 is 29.0 Å². The number of benzene rings is 3. The van der Waals surface area contributed by atoms with Gasteiger partial charge in [0.05, 0.1) is 16.9 Å². The van der Waals surface area contributed by atoms with E-state index in [2.05, 4.69) is 22.2 Å². The molecule has 2 bridgehead atoms. The van der Waals surface area contributed by atoms with Gasteiger partial charge in [0.1, 0.15) is 6.10 Å². The standard InChI is InChI=1S/C29H29N3O2/c1-32-25-15-16-26(32)20-27(19-25)34-29(33)28(17-21-9-4-2-5-10-21)22-11-8-14-24(18-22)31-30-23-12-6-3-7-13-23/h2-14,17-18,25-27H,15-16,19-20H2,1H3/b28-17-,31-30?. The predicted molar refractivity (Wildman–Crippen MR) is 135 cm³/mol. The van der Waals surface area contributed by atoms with Crippen molar-refractivity contribution in [3.05, 3.63) is 96.1 Å². The second-order valence-electron chi connectivity index (χ2n) is 9.10. The Hall–Kier alpha value is -3.57. The van der Waals surface area contributed by atoms with Crippen LogP contribution in [-0.2, 0) is 9.53 Å². The van der Waals surface area contributed by atoms with E-state index in [1.807, 2.05) is 91.0 Å². The van der Waals surface area contributed by atoms with Crippen molar-refractivity contribution in [3.8, 4) is 0 Å². The van der Waals surface area contributed by atoms with Crippen LogP contribution in [0, 0.1) is 0 Å². The summed E-state index contributed by atoms with van der Waals surface area (Å²) in [6.07, 6.45) is 6.05. The molecule has 0 aromatic heterocycles. The fourth-order valence-corrected chi connectivity index (χ4v) is 4.99. The molecule has 0 amide bonds. The second-order valence-corrected chi connectivity index (χ2v) is 9.10. The van der Waals surface area contributed by atoms with Gasteiger partial charge in [0.2, 0.25) is 0 Å². The molecule has 5 heteroatoms. The Morgan fingerprint density at radius 1 is 0.853 bits per heavy atom. The maximum atomic E-state index is 13.5. The number of hydrogen-bond donors (Lipinski definition) is 0. The van der Waals surface area contributed by atoms with Crippen molar-refractivity contribution < 1.29 is 9.53 Å². The number of esters is 1. The van der Waals surface area contributed by atoms with E-state index < -0.39 is 0 Å². The van der Waals surface area contributed by atoms with Crippen LogP contribution in [0.15, 0.2) is 95.2 Å². The van der Waals surface area contributed by atoms with Crippen molar-refractivity contribution in [2.45, 2.75) is 43.9 Å². The van der Waals surface area contributed by atoms with Gasteiger partial charge in [-0.3, -0.25) is 0 Å². The maximum Gasteiger partial charge on any atom is 0.339 e. The van der Waals surface area contributed by atoms with Gasteiger partial charge in [-0.15, -0.1) is 0 Å². The molecule has 2 atom stereocenters. The van der Waals surface area contributed by atoms with Gasteiger partial charge in [-0.2, -0.15) is 10.2 Å². The molecule has 0 radical (unpaired) electrons. The topological polar surface area (TPSA) is 54.3 Å². The number of azo groups is 1. The fraction of sp³-hybridized carbons (Fsp3) is 0.276. The first kappa shape index (κ1) is 22.2. The highest BCUT2D eigenvalue weighted by Crippen LogP contribution is 2.36. The van der Waals surface area contributed by atoms with Gasteiger partial charge in [0, 0.05) is 24.9 Å². The number of carbonyl (C=O) groups excluding carboxylic acids is 1. The van der Waals surface area contributed by atoms with Crippen LogP contribution in [0.3, 0.4) is 0 Å². The van der Waals surface area contributed by atoms with Crippen LogP contribution in [0.5, 0.6) is 0 Å². The number of carbonyl (C=O) groups is 1. The number of hydrogen-bond acceptors (Lipinski definition) is 5. The van der Waals surface area contributed by atoms with Crippen LogP contribution in [0.25, 0.3) is 11.6 Å². The summed E-state index contributed by atoms with van der Waals surface area (Å²) in [5.74, 6) is -0.282. The summed E-state index contributed by atoms with van der Waals surface area (Å²) in [5.41, 5.74) is 3.73. The van der Waals surface area contributed by atoms with E-state index in [0.29, 0.717) is 23.3 Å². The molecule has 0 N–H and O–H groups in total. The van der Waals surface area contributed by atoms with Crippen LogP contribution in [0.1, 0.15) is 36.8 Å². The Morgan fingerprint density at radius 2 is 1.47 bits per heavy atom. The molecular weight excluding hydrogens is 422 g/mol. The van der Waals surface area contributed by atoms with Crippen LogP contribution >= 0.6 is 0 Å². The van der Waals surface area contributed by atoms with Gasteiger partial charge in [-0.05, 0) is 61.4 Å². The minimum atomic E-state index is -0.282.